The Morgan fingerprint density at radius 3 is 2.71 bits per heavy atom. The molecule has 1 aromatic carbocycles. The summed E-state index contributed by atoms with van der Waals surface area (Å²) in [6.45, 7) is 1.71. The molecule has 0 fully saturated rings. The van der Waals surface area contributed by atoms with E-state index in [-0.39, 0.29) is 27.8 Å². The molecular formula is C17H10ClF3N4O3. The molecule has 0 amide bonds. The molecule has 4 aromatic rings. The van der Waals surface area contributed by atoms with E-state index in [0.717, 1.165) is 10.6 Å². The second-order valence-corrected chi connectivity index (χ2v) is 6.22. The second kappa shape index (κ2) is 6.41. The number of H-pyrrole nitrogens is 1. The summed E-state index contributed by atoms with van der Waals surface area (Å²) in [5, 5.41) is 3.78. The number of aromatic amines is 1. The van der Waals surface area contributed by atoms with Gasteiger partial charge < -0.3 is 14.1 Å². The van der Waals surface area contributed by atoms with Crippen LogP contribution in [0, 0.1) is 6.92 Å². The van der Waals surface area contributed by atoms with Crippen molar-refractivity contribution in [1.29, 1.82) is 0 Å². The Morgan fingerprint density at radius 2 is 2.04 bits per heavy atom. The lowest BCUT2D eigenvalue weighted by Crippen LogP contribution is -2.17. The number of benzene rings is 1. The van der Waals surface area contributed by atoms with E-state index >= 15 is 0 Å². The lowest BCUT2D eigenvalue weighted by Gasteiger charge is -2.12. The summed E-state index contributed by atoms with van der Waals surface area (Å²) in [4.78, 5) is 19.5. The number of halogens is 4. The smallest absolute Gasteiger partial charge is 0.441 e. The topological polar surface area (TPSA) is 85.4 Å². The maximum atomic E-state index is 12.6. The molecule has 0 aliphatic rings. The van der Waals surface area contributed by atoms with E-state index in [1.54, 1.807) is 6.92 Å². The van der Waals surface area contributed by atoms with Crippen molar-refractivity contribution >= 4 is 17.2 Å². The Balaban J connectivity index is 1.86. The average molecular weight is 411 g/mol. The van der Waals surface area contributed by atoms with Crippen molar-refractivity contribution in [3.63, 3.8) is 0 Å². The number of alkyl halides is 3. The van der Waals surface area contributed by atoms with Crippen LogP contribution in [0.5, 0.6) is 5.75 Å². The Hall–Kier alpha value is -3.27. The fraction of sp³-hybridized carbons (Fsp3) is 0.118. The molecule has 0 bridgehead atoms. The average Bonchev–Trinajstić information content (AvgIpc) is 3.21. The van der Waals surface area contributed by atoms with Crippen LogP contribution in [0.4, 0.5) is 13.2 Å². The van der Waals surface area contributed by atoms with E-state index in [9.17, 15) is 18.0 Å². The third-order valence-corrected chi connectivity index (χ3v) is 4.13. The number of aromatic nitrogens is 4. The fourth-order valence-electron chi connectivity index (χ4n) is 2.65. The van der Waals surface area contributed by atoms with E-state index in [0.29, 0.717) is 11.3 Å². The van der Waals surface area contributed by atoms with E-state index in [1.807, 2.05) is 0 Å². The molecule has 0 radical (unpaired) electrons. The van der Waals surface area contributed by atoms with Crippen LogP contribution >= 0.6 is 11.6 Å². The molecule has 0 aliphatic heterocycles. The number of oxazole rings is 1. The number of hydrogen-bond donors (Lipinski definition) is 1. The van der Waals surface area contributed by atoms with Crippen LogP contribution in [0.2, 0.25) is 5.02 Å². The first kappa shape index (κ1) is 18.1. The van der Waals surface area contributed by atoms with E-state index in [4.69, 9.17) is 16.0 Å². The molecule has 0 spiro atoms. The van der Waals surface area contributed by atoms with Crippen molar-refractivity contribution in [2.24, 2.45) is 0 Å². The van der Waals surface area contributed by atoms with Crippen LogP contribution in [-0.4, -0.2) is 25.9 Å². The zero-order valence-electron chi connectivity index (χ0n) is 14.0. The van der Waals surface area contributed by atoms with Crippen LogP contribution < -0.4 is 10.3 Å². The molecule has 0 saturated heterocycles. The van der Waals surface area contributed by atoms with Gasteiger partial charge in [-0.1, -0.05) is 17.7 Å². The Kier molecular flexibility index (Phi) is 4.15. The summed E-state index contributed by atoms with van der Waals surface area (Å²) >= 11 is 5.77. The van der Waals surface area contributed by atoms with Crippen molar-refractivity contribution in [3.05, 3.63) is 57.8 Å². The Morgan fingerprint density at radius 1 is 1.25 bits per heavy atom. The zero-order valence-corrected chi connectivity index (χ0v) is 14.8. The summed E-state index contributed by atoms with van der Waals surface area (Å²) in [7, 11) is 0. The summed E-state index contributed by atoms with van der Waals surface area (Å²) in [6, 6.07) is 4.99. The van der Waals surface area contributed by atoms with Crippen molar-refractivity contribution in [2.45, 2.75) is 13.3 Å². The predicted octanol–water partition coefficient (Wildman–Crippen LogP) is 4.21. The number of ether oxygens (including phenoxy) is 1. The number of aryl methyl sites for hydroxylation is 1. The minimum atomic E-state index is -4.90. The van der Waals surface area contributed by atoms with Crippen LogP contribution in [0.25, 0.3) is 28.4 Å². The first-order valence-electron chi connectivity index (χ1n) is 7.81. The minimum Gasteiger partial charge on any atom is -0.441 e. The maximum absolute atomic E-state index is 12.6. The summed E-state index contributed by atoms with van der Waals surface area (Å²) in [6.07, 6.45) is -1.98. The standard InChI is InChI=1S/C17H10ClF3N4O3/c1-8-6-22-16(27-8)10-7-23-25-14(26)5-12(24-15(10)25)9-2-3-11(18)13(4-9)28-17(19,20)21/h2-7,24H,1H3. The largest absolute Gasteiger partial charge is 0.573 e. The molecule has 1 N–H and O–H groups in total. The molecule has 4 rings (SSSR count). The van der Waals surface area contributed by atoms with Gasteiger partial charge in [-0.15, -0.1) is 13.2 Å². The van der Waals surface area contributed by atoms with Crippen molar-refractivity contribution in [2.75, 3.05) is 0 Å². The first-order chi connectivity index (χ1) is 13.2. The molecule has 3 aromatic heterocycles. The van der Waals surface area contributed by atoms with E-state index in [1.165, 1.54) is 30.6 Å². The highest BCUT2D eigenvalue weighted by Crippen LogP contribution is 2.34. The van der Waals surface area contributed by atoms with Gasteiger partial charge in [-0.25, -0.2) is 4.98 Å². The highest BCUT2D eigenvalue weighted by molar-refractivity contribution is 6.32. The number of hydrogen-bond acceptors (Lipinski definition) is 5. The Bertz CT molecular complexity index is 1240. The number of nitrogens with one attached hydrogen (secondary N) is 1. The summed E-state index contributed by atoms with van der Waals surface area (Å²) < 4.78 is 48.2. The SMILES string of the molecule is Cc1cnc(-c2cnn3c(=O)cc(-c4ccc(Cl)c(OC(F)(F)F)c4)[nH]c23)o1. The third-order valence-electron chi connectivity index (χ3n) is 3.82. The molecule has 0 aliphatic carbocycles. The van der Waals surface area contributed by atoms with Gasteiger partial charge in [-0.2, -0.15) is 9.61 Å². The number of nitrogens with zero attached hydrogens (tertiary/aromatic N) is 3. The maximum Gasteiger partial charge on any atom is 0.573 e. The van der Waals surface area contributed by atoms with E-state index in [2.05, 4.69) is 19.8 Å². The molecule has 144 valence electrons. The van der Waals surface area contributed by atoms with Gasteiger partial charge in [0, 0.05) is 11.6 Å². The zero-order chi connectivity index (χ0) is 20.1. The van der Waals surface area contributed by atoms with Crippen molar-refractivity contribution in [1.82, 2.24) is 19.6 Å². The predicted molar refractivity (Wildman–Crippen MR) is 93.2 cm³/mol. The van der Waals surface area contributed by atoms with Gasteiger partial charge in [0.2, 0.25) is 5.89 Å². The molecule has 7 nitrogen and oxygen atoms in total. The van der Waals surface area contributed by atoms with Gasteiger partial charge in [-0.3, -0.25) is 4.79 Å². The van der Waals surface area contributed by atoms with Gasteiger partial charge in [-0.05, 0) is 19.1 Å². The molecule has 0 unspecified atom stereocenters. The van der Waals surface area contributed by atoms with Crippen molar-refractivity contribution < 1.29 is 22.3 Å². The van der Waals surface area contributed by atoms with E-state index < -0.39 is 17.7 Å². The van der Waals surface area contributed by atoms with Gasteiger partial charge >= 0.3 is 6.36 Å². The lowest BCUT2D eigenvalue weighted by atomic mass is 10.1. The minimum absolute atomic E-state index is 0.218. The lowest BCUT2D eigenvalue weighted by molar-refractivity contribution is -0.274. The first-order valence-corrected chi connectivity index (χ1v) is 8.18. The van der Waals surface area contributed by atoms with Gasteiger partial charge in [0.05, 0.1) is 23.1 Å². The van der Waals surface area contributed by atoms with Gasteiger partial charge in [0.15, 0.2) is 5.65 Å². The molecular weight excluding hydrogens is 401 g/mol. The number of rotatable bonds is 3. The molecule has 0 saturated carbocycles. The molecule has 3 heterocycles. The van der Waals surface area contributed by atoms with Gasteiger partial charge in [0.25, 0.3) is 5.56 Å². The molecule has 11 heteroatoms. The Labute approximate surface area is 159 Å². The molecule has 28 heavy (non-hydrogen) atoms. The summed E-state index contributed by atoms with van der Waals surface area (Å²) in [5.74, 6) is 0.237. The quantitative estimate of drug-likeness (QED) is 0.547. The fourth-order valence-corrected chi connectivity index (χ4v) is 2.81. The molecule has 0 atom stereocenters. The van der Waals surface area contributed by atoms with Gasteiger partial charge in [0.1, 0.15) is 17.1 Å². The highest BCUT2D eigenvalue weighted by atomic mass is 35.5. The van der Waals surface area contributed by atoms with Crippen LogP contribution in [0.3, 0.4) is 0 Å². The summed E-state index contributed by atoms with van der Waals surface area (Å²) in [5.41, 5.74) is 0.710. The van der Waals surface area contributed by atoms with Crippen LogP contribution in [-0.2, 0) is 0 Å². The number of fused-ring (bicyclic) bond motifs is 1. The monoisotopic (exact) mass is 410 g/mol. The normalized spacial score (nSPS) is 11.9. The van der Waals surface area contributed by atoms with Crippen molar-refractivity contribution in [3.8, 4) is 28.5 Å². The highest BCUT2D eigenvalue weighted by Gasteiger charge is 2.32. The van der Waals surface area contributed by atoms with Crippen LogP contribution in [0.15, 0.2) is 45.9 Å². The second-order valence-electron chi connectivity index (χ2n) is 5.81. The third kappa shape index (κ3) is 3.33. The van der Waals surface area contributed by atoms with Crippen LogP contribution in [0.1, 0.15) is 5.76 Å².